The van der Waals surface area contributed by atoms with Gasteiger partial charge in [-0.15, -0.1) is 0 Å². The molecule has 0 fully saturated rings. The summed E-state index contributed by atoms with van der Waals surface area (Å²) in [6.07, 6.45) is 4.96. The molecule has 0 aliphatic rings. The summed E-state index contributed by atoms with van der Waals surface area (Å²) in [4.78, 5) is 8.18. The van der Waals surface area contributed by atoms with Crippen molar-refractivity contribution < 1.29 is 5.11 Å². The van der Waals surface area contributed by atoms with E-state index in [2.05, 4.69) is 9.97 Å². The van der Waals surface area contributed by atoms with Crippen LogP contribution in [0.5, 0.6) is 0 Å². The van der Waals surface area contributed by atoms with Gasteiger partial charge in [0.05, 0.1) is 18.5 Å². The molecule has 0 atom stereocenters. The fourth-order valence-corrected chi connectivity index (χ4v) is 1.35. The number of aromatic nitrogens is 2. The summed E-state index contributed by atoms with van der Waals surface area (Å²) >= 11 is 0. The zero-order chi connectivity index (χ0) is 9.80. The number of rotatable bonds is 2. The van der Waals surface area contributed by atoms with Gasteiger partial charge in [0, 0.05) is 18.0 Å². The van der Waals surface area contributed by atoms with E-state index in [0.717, 1.165) is 16.8 Å². The predicted octanol–water partition coefficient (Wildman–Crippen LogP) is 1.64. The standard InChI is InChI=1S/C11H10N2O/c14-8-9-3-1-2-4-10(9)11-7-12-5-6-13-11/h1-7,14H,8H2. The number of hydrogen-bond acceptors (Lipinski definition) is 3. The molecule has 1 aromatic heterocycles. The maximum atomic E-state index is 9.13. The molecule has 0 amide bonds. The van der Waals surface area contributed by atoms with Crippen LogP contribution in [0.25, 0.3) is 11.3 Å². The first-order valence-corrected chi connectivity index (χ1v) is 4.37. The van der Waals surface area contributed by atoms with Gasteiger partial charge in [0.2, 0.25) is 0 Å². The van der Waals surface area contributed by atoms with Crippen LogP contribution in [0, 0.1) is 0 Å². The Bertz CT molecular complexity index is 415. The second-order valence-corrected chi connectivity index (χ2v) is 2.91. The summed E-state index contributed by atoms with van der Waals surface area (Å²) in [5.41, 5.74) is 2.59. The fourth-order valence-electron chi connectivity index (χ4n) is 1.35. The third-order valence-corrected chi connectivity index (χ3v) is 2.03. The highest BCUT2D eigenvalue weighted by atomic mass is 16.3. The molecule has 3 heteroatoms. The van der Waals surface area contributed by atoms with Gasteiger partial charge in [-0.2, -0.15) is 0 Å². The van der Waals surface area contributed by atoms with Crippen molar-refractivity contribution in [2.24, 2.45) is 0 Å². The summed E-state index contributed by atoms with van der Waals surface area (Å²) in [5, 5.41) is 9.13. The molecule has 0 aliphatic carbocycles. The predicted molar refractivity (Wildman–Crippen MR) is 53.4 cm³/mol. The number of aliphatic hydroxyl groups is 1. The van der Waals surface area contributed by atoms with Crippen LogP contribution in [0.4, 0.5) is 0 Å². The molecule has 0 unspecified atom stereocenters. The fraction of sp³-hybridized carbons (Fsp3) is 0.0909. The van der Waals surface area contributed by atoms with Crippen molar-refractivity contribution in [1.82, 2.24) is 9.97 Å². The van der Waals surface area contributed by atoms with Crippen molar-refractivity contribution >= 4 is 0 Å². The molecule has 14 heavy (non-hydrogen) atoms. The average molecular weight is 186 g/mol. The summed E-state index contributed by atoms with van der Waals surface area (Å²) in [7, 11) is 0. The molecule has 2 aromatic rings. The lowest BCUT2D eigenvalue weighted by atomic mass is 10.1. The SMILES string of the molecule is OCc1ccccc1-c1cnccn1. The Labute approximate surface area is 82.1 Å². The van der Waals surface area contributed by atoms with Crippen LogP contribution in [0.3, 0.4) is 0 Å². The van der Waals surface area contributed by atoms with Crippen molar-refractivity contribution in [3.05, 3.63) is 48.4 Å². The molecule has 0 radical (unpaired) electrons. The first-order valence-electron chi connectivity index (χ1n) is 4.37. The molecule has 1 heterocycles. The molecular weight excluding hydrogens is 176 g/mol. The van der Waals surface area contributed by atoms with E-state index < -0.39 is 0 Å². The Morgan fingerprint density at radius 3 is 2.71 bits per heavy atom. The van der Waals surface area contributed by atoms with Crippen molar-refractivity contribution in [1.29, 1.82) is 0 Å². The van der Waals surface area contributed by atoms with Gasteiger partial charge in [-0.25, -0.2) is 0 Å². The van der Waals surface area contributed by atoms with E-state index in [1.165, 1.54) is 0 Å². The van der Waals surface area contributed by atoms with E-state index >= 15 is 0 Å². The van der Waals surface area contributed by atoms with E-state index in [1.54, 1.807) is 18.6 Å². The number of aliphatic hydroxyl groups excluding tert-OH is 1. The number of nitrogens with zero attached hydrogens (tertiary/aromatic N) is 2. The molecule has 0 spiro atoms. The van der Waals surface area contributed by atoms with Crippen LogP contribution in [0.1, 0.15) is 5.56 Å². The monoisotopic (exact) mass is 186 g/mol. The Morgan fingerprint density at radius 2 is 2.00 bits per heavy atom. The molecule has 0 bridgehead atoms. The van der Waals surface area contributed by atoms with E-state index in [9.17, 15) is 0 Å². The topological polar surface area (TPSA) is 46.0 Å². The second-order valence-electron chi connectivity index (χ2n) is 2.91. The third kappa shape index (κ3) is 1.63. The Morgan fingerprint density at radius 1 is 1.14 bits per heavy atom. The molecule has 1 N–H and O–H groups in total. The minimum absolute atomic E-state index is 0.0206. The second kappa shape index (κ2) is 3.98. The van der Waals surface area contributed by atoms with Crippen LogP contribution >= 0.6 is 0 Å². The lowest BCUT2D eigenvalue weighted by Gasteiger charge is -2.04. The Balaban J connectivity index is 2.51. The van der Waals surface area contributed by atoms with Crippen LogP contribution < -0.4 is 0 Å². The average Bonchev–Trinajstić information content (AvgIpc) is 2.30. The smallest absolute Gasteiger partial charge is 0.0888 e. The van der Waals surface area contributed by atoms with Gasteiger partial charge in [0.1, 0.15) is 0 Å². The lowest BCUT2D eigenvalue weighted by Crippen LogP contribution is -1.91. The first kappa shape index (κ1) is 8.84. The lowest BCUT2D eigenvalue weighted by molar-refractivity contribution is 0.282. The van der Waals surface area contributed by atoms with Crippen molar-refractivity contribution in [3.8, 4) is 11.3 Å². The summed E-state index contributed by atoms with van der Waals surface area (Å²) in [5.74, 6) is 0. The van der Waals surface area contributed by atoms with Gasteiger partial charge < -0.3 is 5.11 Å². The van der Waals surface area contributed by atoms with Crippen molar-refractivity contribution in [2.75, 3.05) is 0 Å². The van der Waals surface area contributed by atoms with E-state index in [0.29, 0.717) is 0 Å². The van der Waals surface area contributed by atoms with Gasteiger partial charge in [-0.05, 0) is 5.56 Å². The highest BCUT2D eigenvalue weighted by Crippen LogP contribution is 2.20. The van der Waals surface area contributed by atoms with Gasteiger partial charge in [0.25, 0.3) is 0 Å². The maximum absolute atomic E-state index is 9.13. The van der Waals surface area contributed by atoms with Crippen LogP contribution in [-0.4, -0.2) is 15.1 Å². The molecule has 0 saturated carbocycles. The van der Waals surface area contributed by atoms with Gasteiger partial charge >= 0.3 is 0 Å². The van der Waals surface area contributed by atoms with Crippen LogP contribution in [0.15, 0.2) is 42.9 Å². The van der Waals surface area contributed by atoms with E-state index in [1.807, 2.05) is 24.3 Å². The van der Waals surface area contributed by atoms with Crippen molar-refractivity contribution in [3.63, 3.8) is 0 Å². The Hall–Kier alpha value is -1.74. The summed E-state index contributed by atoms with van der Waals surface area (Å²) in [6, 6.07) is 7.62. The van der Waals surface area contributed by atoms with Gasteiger partial charge in [-0.1, -0.05) is 24.3 Å². The summed E-state index contributed by atoms with van der Waals surface area (Å²) < 4.78 is 0. The zero-order valence-electron chi connectivity index (χ0n) is 7.59. The molecule has 3 nitrogen and oxygen atoms in total. The van der Waals surface area contributed by atoms with E-state index in [-0.39, 0.29) is 6.61 Å². The van der Waals surface area contributed by atoms with Gasteiger partial charge in [-0.3, -0.25) is 9.97 Å². The number of benzene rings is 1. The largest absolute Gasteiger partial charge is 0.392 e. The molecule has 2 rings (SSSR count). The normalized spacial score (nSPS) is 10.1. The van der Waals surface area contributed by atoms with Gasteiger partial charge in [0.15, 0.2) is 0 Å². The highest BCUT2D eigenvalue weighted by molar-refractivity contribution is 5.62. The third-order valence-electron chi connectivity index (χ3n) is 2.03. The Kier molecular flexibility index (Phi) is 2.51. The van der Waals surface area contributed by atoms with Crippen LogP contribution in [0.2, 0.25) is 0 Å². The zero-order valence-corrected chi connectivity index (χ0v) is 7.59. The quantitative estimate of drug-likeness (QED) is 0.775. The molecular formula is C11H10N2O. The molecule has 1 aromatic carbocycles. The first-order chi connectivity index (χ1) is 6.92. The highest BCUT2D eigenvalue weighted by Gasteiger charge is 2.03. The molecule has 0 aliphatic heterocycles. The summed E-state index contributed by atoms with van der Waals surface area (Å²) in [6.45, 7) is 0.0206. The molecule has 70 valence electrons. The van der Waals surface area contributed by atoms with E-state index in [4.69, 9.17) is 5.11 Å². The van der Waals surface area contributed by atoms with Crippen molar-refractivity contribution in [2.45, 2.75) is 6.61 Å². The minimum Gasteiger partial charge on any atom is -0.392 e. The number of hydrogen-bond donors (Lipinski definition) is 1. The maximum Gasteiger partial charge on any atom is 0.0888 e. The van der Waals surface area contributed by atoms with Crippen LogP contribution in [-0.2, 0) is 6.61 Å². The molecule has 0 saturated heterocycles. The minimum atomic E-state index is 0.0206.